The molecule has 0 aliphatic carbocycles. The van der Waals surface area contributed by atoms with E-state index in [-0.39, 0.29) is 0 Å². The van der Waals surface area contributed by atoms with Crippen molar-refractivity contribution < 1.29 is 5.11 Å². The Morgan fingerprint density at radius 2 is 2.06 bits per heavy atom. The molecule has 1 aromatic carbocycles. The topological polar surface area (TPSA) is 39.1 Å². The predicted molar refractivity (Wildman–Crippen MR) is 64.1 cm³/mol. The van der Waals surface area contributed by atoms with E-state index in [0.29, 0.717) is 6.54 Å². The number of aliphatic hydroxyl groups excluding tert-OH is 1. The summed E-state index contributed by atoms with van der Waals surface area (Å²) in [6.07, 6.45) is 1.34. The van der Waals surface area contributed by atoms with Gasteiger partial charge in [-0.1, -0.05) is 30.3 Å². The Balaban J connectivity index is 1.93. The molecule has 1 aliphatic heterocycles. The van der Waals surface area contributed by atoms with Crippen LogP contribution in [0.2, 0.25) is 0 Å². The van der Waals surface area contributed by atoms with Crippen molar-refractivity contribution >= 4 is 6.34 Å². The lowest BCUT2D eigenvalue weighted by atomic mass is 10.1. The van der Waals surface area contributed by atoms with Crippen molar-refractivity contribution in [2.75, 3.05) is 26.7 Å². The van der Waals surface area contributed by atoms with Crippen molar-refractivity contribution in [3.8, 4) is 0 Å². The lowest BCUT2D eigenvalue weighted by Crippen LogP contribution is -2.38. The molecule has 0 saturated heterocycles. The molecule has 4 nitrogen and oxygen atoms in total. The third-order valence-corrected chi connectivity index (χ3v) is 2.71. The highest BCUT2D eigenvalue weighted by atomic mass is 16.3. The van der Waals surface area contributed by atoms with Crippen molar-refractivity contribution in [2.45, 2.75) is 6.10 Å². The van der Waals surface area contributed by atoms with E-state index in [9.17, 15) is 5.11 Å². The van der Waals surface area contributed by atoms with E-state index in [2.05, 4.69) is 5.10 Å². The van der Waals surface area contributed by atoms with Crippen LogP contribution in [0.15, 0.2) is 35.4 Å². The van der Waals surface area contributed by atoms with E-state index in [4.69, 9.17) is 0 Å². The molecule has 1 heterocycles. The quantitative estimate of drug-likeness (QED) is 0.821. The average molecular weight is 219 g/mol. The van der Waals surface area contributed by atoms with Gasteiger partial charge in [-0.05, 0) is 5.56 Å². The Morgan fingerprint density at radius 1 is 1.31 bits per heavy atom. The minimum absolute atomic E-state index is 0.448. The molecule has 1 aliphatic rings. The van der Waals surface area contributed by atoms with Crippen LogP contribution in [0.25, 0.3) is 0 Å². The third-order valence-electron chi connectivity index (χ3n) is 2.71. The number of hydrogen-bond acceptors (Lipinski definition) is 4. The minimum Gasteiger partial charge on any atom is -0.387 e. The number of hydrazone groups is 1. The second kappa shape index (κ2) is 4.99. The van der Waals surface area contributed by atoms with Crippen molar-refractivity contribution in [1.29, 1.82) is 0 Å². The van der Waals surface area contributed by atoms with E-state index in [1.54, 1.807) is 6.34 Å². The van der Waals surface area contributed by atoms with Gasteiger partial charge in [0.2, 0.25) is 0 Å². The Hall–Kier alpha value is -1.55. The molecule has 1 N–H and O–H groups in total. The molecule has 0 spiro atoms. The summed E-state index contributed by atoms with van der Waals surface area (Å²) in [6.45, 7) is 2.41. The second-order valence-electron chi connectivity index (χ2n) is 4.03. The minimum atomic E-state index is -0.448. The molecule has 0 amide bonds. The number of benzene rings is 1. The van der Waals surface area contributed by atoms with Crippen LogP contribution in [0.5, 0.6) is 0 Å². The number of β-amino-alcohol motifs (C(OH)–C–C–N with tert-alkyl or cyclic N) is 1. The Morgan fingerprint density at radius 3 is 2.69 bits per heavy atom. The van der Waals surface area contributed by atoms with E-state index in [1.807, 2.05) is 47.3 Å². The van der Waals surface area contributed by atoms with E-state index >= 15 is 0 Å². The fourth-order valence-electron chi connectivity index (χ4n) is 1.69. The van der Waals surface area contributed by atoms with Crippen LogP contribution in [0, 0.1) is 0 Å². The van der Waals surface area contributed by atoms with Gasteiger partial charge in [0.05, 0.1) is 12.6 Å². The third kappa shape index (κ3) is 2.73. The molecule has 4 heteroatoms. The molecule has 86 valence electrons. The summed E-state index contributed by atoms with van der Waals surface area (Å²) in [5.74, 6) is 0. The highest BCUT2D eigenvalue weighted by Gasteiger charge is 2.13. The average Bonchev–Trinajstić information content (AvgIpc) is 2.33. The van der Waals surface area contributed by atoms with Gasteiger partial charge in [-0.25, -0.2) is 0 Å². The Labute approximate surface area is 95.8 Å². The molecule has 2 rings (SSSR count). The summed E-state index contributed by atoms with van der Waals surface area (Å²) < 4.78 is 0. The zero-order valence-electron chi connectivity index (χ0n) is 9.45. The van der Waals surface area contributed by atoms with Gasteiger partial charge in [-0.15, -0.1) is 0 Å². The summed E-state index contributed by atoms with van der Waals surface area (Å²) in [4.78, 5) is 2.04. The van der Waals surface area contributed by atoms with Crippen LogP contribution in [0.3, 0.4) is 0 Å². The number of rotatable bonds is 3. The van der Waals surface area contributed by atoms with Crippen LogP contribution in [0.1, 0.15) is 11.7 Å². The number of hydrogen-bond donors (Lipinski definition) is 1. The lowest BCUT2D eigenvalue weighted by molar-refractivity contribution is 0.134. The Bertz CT molecular complexity index is 353. The first kappa shape index (κ1) is 11.0. The van der Waals surface area contributed by atoms with Crippen LogP contribution in [0.4, 0.5) is 0 Å². The van der Waals surface area contributed by atoms with Crippen molar-refractivity contribution in [2.24, 2.45) is 5.10 Å². The van der Waals surface area contributed by atoms with Gasteiger partial charge in [0.25, 0.3) is 0 Å². The first-order valence-electron chi connectivity index (χ1n) is 5.48. The van der Waals surface area contributed by atoms with Gasteiger partial charge in [0, 0.05) is 20.1 Å². The van der Waals surface area contributed by atoms with Crippen LogP contribution >= 0.6 is 0 Å². The van der Waals surface area contributed by atoms with E-state index in [0.717, 1.165) is 18.7 Å². The monoisotopic (exact) mass is 219 g/mol. The summed E-state index contributed by atoms with van der Waals surface area (Å²) >= 11 is 0. The van der Waals surface area contributed by atoms with Gasteiger partial charge in [-0.2, -0.15) is 5.10 Å². The summed E-state index contributed by atoms with van der Waals surface area (Å²) in [5.41, 5.74) is 0.954. The number of likely N-dealkylation sites (N-methyl/N-ethyl adjacent to an activating group) is 1. The highest BCUT2D eigenvalue weighted by molar-refractivity contribution is 5.55. The SMILES string of the molecule is CN1CCN(CC(O)c2ccccc2)C=N1. The number of aliphatic hydroxyl groups is 1. The molecule has 1 aromatic rings. The molecule has 0 bridgehead atoms. The maximum Gasteiger partial charge on any atom is 0.111 e. The van der Waals surface area contributed by atoms with Crippen molar-refractivity contribution in [1.82, 2.24) is 9.91 Å². The molecule has 0 saturated carbocycles. The standard InChI is InChI=1S/C12H17N3O/c1-14-7-8-15(10-13-14)9-12(16)11-5-3-2-4-6-11/h2-6,10,12,16H,7-9H2,1H3. The summed E-state index contributed by atoms with van der Waals surface area (Å²) in [7, 11) is 1.95. The molecule has 1 atom stereocenters. The van der Waals surface area contributed by atoms with Gasteiger partial charge in [0.15, 0.2) is 0 Å². The van der Waals surface area contributed by atoms with Gasteiger partial charge >= 0.3 is 0 Å². The molecular weight excluding hydrogens is 202 g/mol. The van der Waals surface area contributed by atoms with Crippen LogP contribution < -0.4 is 0 Å². The van der Waals surface area contributed by atoms with Gasteiger partial charge < -0.3 is 10.0 Å². The molecule has 16 heavy (non-hydrogen) atoms. The zero-order valence-corrected chi connectivity index (χ0v) is 9.45. The van der Waals surface area contributed by atoms with Crippen molar-refractivity contribution in [3.05, 3.63) is 35.9 Å². The molecule has 0 aromatic heterocycles. The van der Waals surface area contributed by atoms with E-state index in [1.165, 1.54) is 0 Å². The van der Waals surface area contributed by atoms with E-state index < -0.39 is 6.10 Å². The smallest absolute Gasteiger partial charge is 0.111 e. The summed E-state index contributed by atoms with van der Waals surface area (Å²) in [6, 6.07) is 9.72. The first-order valence-corrected chi connectivity index (χ1v) is 5.48. The normalized spacial score (nSPS) is 17.6. The molecule has 1 unspecified atom stereocenters. The van der Waals surface area contributed by atoms with Gasteiger partial charge in [-0.3, -0.25) is 5.01 Å². The predicted octanol–water partition coefficient (Wildman–Crippen LogP) is 0.911. The Kier molecular flexibility index (Phi) is 3.41. The van der Waals surface area contributed by atoms with Crippen LogP contribution in [-0.4, -0.2) is 48.0 Å². The molecular formula is C12H17N3O. The fourth-order valence-corrected chi connectivity index (χ4v) is 1.69. The second-order valence-corrected chi connectivity index (χ2v) is 4.03. The maximum absolute atomic E-state index is 10.0. The first-order chi connectivity index (χ1) is 7.75. The van der Waals surface area contributed by atoms with Crippen LogP contribution in [-0.2, 0) is 0 Å². The van der Waals surface area contributed by atoms with Gasteiger partial charge in [0.1, 0.15) is 6.34 Å². The fraction of sp³-hybridized carbons (Fsp3) is 0.417. The molecule has 0 radical (unpaired) electrons. The lowest BCUT2D eigenvalue weighted by Gasteiger charge is -2.29. The largest absolute Gasteiger partial charge is 0.387 e. The zero-order chi connectivity index (χ0) is 11.4. The maximum atomic E-state index is 10.0. The van der Waals surface area contributed by atoms with Crippen molar-refractivity contribution in [3.63, 3.8) is 0 Å². The molecule has 0 fully saturated rings. The number of nitrogens with zero attached hydrogens (tertiary/aromatic N) is 3. The highest BCUT2D eigenvalue weighted by Crippen LogP contribution is 2.13. The summed E-state index contributed by atoms with van der Waals surface area (Å²) in [5, 5.41) is 16.1.